The van der Waals surface area contributed by atoms with E-state index in [1.54, 1.807) is 23.2 Å². The van der Waals surface area contributed by atoms with Crippen molar-refractivity contribution in [2.24, 2.45) is 5.10 Å². The average molecular weight is 420 g/mol. The number of hydrazone groups is 1. The van der Waals surface area contributed by atoms with Gasteiger partial charge < -0.3 is 9.80 Å². The van der Waals surface area contributed by atoms with E-state index in [0.29, 0.717) is 35.7 Å². The van der Waals surface area contributed by atoms with Gasteiger partial charge in [-0.2, -0.15) is 5.10 Å². The summed E-state index contributed by atoms with van der Waals surface area (Å²) in [5.41, 5.74) is 2.70. The summed E-state index contributed by atoms with van der Waals surface area (Å²) in [7, 11) is 1.81. The molecule has 1 atom stereocenters. The number of benzene rings is 1. The number of aromatic nitrogens is 1. The Morgan fingerprint density at radius 3 is 2.84 bits per heavy atom. The molecule has 0 radical (unpaired) electrons. The fourth-order valence-electron chi connectivity index (χ4n) is 3.95. The van der Waals surface area contributed by atoms with Crippen molar-refractivity contribution in [3.8, 4) is 0 Å². The Labute approximate surface area is 181 Å². The van der Waals surface area contributed by atoms with Crippen molar-refractivity contribution < 1.29 is 9.18 Å². The van der Waals surface area contributed by atoms with E-state index >= 15 is 0 Å². The predicted molar refractivity (Wildman–Crippen MR) is 121 cm³/mol. The summed E-state index contributed by atoms with van der Waals surface area (Å²) in [6.07, 6.45) is 7.34. The molecule has 7 heteroatoms. The first-order chi connectivity index (χ1) is 14.9. The van der Waals surface area contributed by atoms with Gasteiger partial charge in [-0.3, -0.25) is 9.78 Å². The van der Waals surface area contributed by atoms with E-state index < -0.39 is 0 Å². The standard InChI is InChI=1S/C24H26FN5O/c1-5-22(17(3)19-13-18-7-6-10-26-21(18)14-20(19)25)30-16(2)8-9-23(27-30)29-12-11-28(4)24(31)15-29/h5-10,13-14,17H,2,11-12,15H2,1,3-4H3/b22-5-. The van der Waals surface area contributed by atoms with E-state index in [9.17, 15) is 9.18 Å². The third-order valence-electron chi connectivity index (χ3n) is 5.85. The second-order valence-corrected chi connectivity index (χ2v) is 7.84. The molecule has 1 amide bonds. The lowest BCUT2D eigenvalue weighted by molar-refractivity contribution is -0.132. The van der Waals surface area contributed by atoms with E-state index in [1.807, 2.05) is 55.2 Å². The maximum Gasteiger partial charge on any atom is 0.241 e. The molecule has 6 nitrogen and oxygen atoms in total. The van der Waals surface area contributed by atoms with E-state index in [1.165, 1.54) is 6.07 Å². The van der Waals surface area contributed by atoms with Gasteiger partial charge in [-0.1, -0.05) is 25.6 Å². The summed E-state index contributed by atoms with van der Waals surface area (Å²) in [5.74, 6) is 0.190. The molecule has 0 saturated carbocycles. The van der Waals surface area contributed by atoms with Crippen LogP contribution in [-0.4, -0.2) is 58.2 Å². The maximum atomic E-state index is 15.0. The lowest BCUT2D eigenvalue weighted by Crippen LogP contribution is -2.51. The molecule has 1 fully saturated rings. The first-order valence-corrected chi connectivity index (χ1v) is 10.3. The van der Waals surface area contributed by atoms with Gasteiger partial charge in [-0.15, -0.1) is 0 Å². The molecule has 0 N–H and O–H groups in total. The van der Waals surface area contributed by atoms with Gasteiger partial charge in [-0.05, 0) is 36.8 Å². The topological polar surface area (TPSA) is 52.0 Å². The molecule has 0 bridgehead atoms. The monoisotopic (exact) mass is 419 g/mol. The minimum absolute atomic E-state index is 0.0600. The minimum Gasteiger partial charge on any atom is -0.344 e. The number of allylic oxidation sites excluding steroid dienone is 3. The number of piperazine rings is 1. The highest BCUT2D eigenvalue weighted by atomic mass is 19.1. The zero-order chi connectivity index (χ0) is 22.1. The number of halogens is 1. The molecule has 31 heavy (non-hydrogen) atoms. The Balaban J connectivity index is 1.65. The lowest BCUT2D eigenvalue weighted by atomic mass is 9.94. The first kappa shape index (κ1) is 20.8. The molecule has 2 aromatic rings. The summed E-state index contributed by atoms with van der Waals surface area (Å²) in [6, 6.07) is 7.09. The molecule has 0 aliphatic carbocycles. The molecule has 2 aliphatic heterocycles. The van der Waals surface area contributed by atoms with Crippen LogP contribution < -0.4 is 0 Å². The summed E-state index contributed by atoms with van der Waals surface area (Å²) >= 11 is 0. The van der Waals surface area contributed by atoms with Gasteiger partial charge in [0.2, 0.25) is 5.91 Å². The van der Waals surface area contributed by atoms with Gasteiger partial charge in [0.05, 0.1) is 17.8 Å². The molecule has 0 spiro atoms. The molecule has 160 valence electrons. The van der Waals surface area contributed by atoms with Crippen molar-refractivity contribution in [2.45, 2.75) is 19.8 Å². The Kier molecular flexibility index (Phi) is 5.59. The number of rotatable bonds is 3. The van der Waals surface area contributed by atoms with Crippen LogP contribution >= 0.6 is 0 Å². The van der Waals surface area contributed by atoms with Crippen LogP contribution in [0.1, 0.15) is 25.3 Å². The zero-order valence-electron chi connectivity index (χ0n) is 18.0. The van der Waals surface area contributed by atoms with Crippen molar-refractivity contribution >= 4 is 22.6 Å². The molecule has 4 rings (SSSR count). The Morgan fingerprint density at radius 2 is 2.10 bits per heavy atom. The summed E-state index contributed by atoms with van der Waals surface area (Å²) in [5, 5.41) is 7.40. The van der Waals surface area contributed by atoms with Gasteiger partial charge in [0.15, 0.2) is 0 Å². The number of carbonyl (C=O) groups excluding carboxylic acids is 1. The number of fused-ring (bicyclic) bond motifs is 1. The number of pyridine rings is 1. The van der Waals surface area contributed by atoms with Crippen molar-refractivity contribution in [2.75, 3.05) is 26.7 Å². The highest BCUT2D eigenvalue weighted by Crippen LogP contribution is 2.34. The Morgan fingerprint density at radius 1 is 1.29 bits per heavy atom. The molecule has 3 heterocycles. The molecule has 2 aliphatic rings. The maximum absolute atomic E-state index is 15.0. The highest BCUT2D eigenvalue weighted by Gasteiger charge is 2.27. The van der Waals surface area contributed by atoms with E-state index in [-0.39, 0.29) is 24.2 Å². The average Bonchev–Trinajstić information content (AvgIpc) is 2.76. The Bertz CT molecular complexity index is 1140. The Hall–Kier alpha value is -3.48. The lowest BCUT2D eigenvalue weighted by Gasteiger charge is -2.36. The number of likely N-dealkylation sites (N-methyl/N-ethyl adjacent to an activating group) is 1. The van der Waals surface area contributed by atoms with Crippen LogP contribution in [0.3, 0.4) is 0 Å². The van der Waals surface area contributed by atoms with Gasteiger partial charge >= 0.3 is 0 Å². The van der Waals surface area contributed by atoms with Gasteiger partial charge in [-0.25, -0.2) is 9.40 Å². The number of hydrogen-bond donors (Lipinski definition) is 0. The highest BCUT2D eigenvalue weighted by molar-refractivity contribution is 5.97. The third kappa shape index (κ3) is 3.95. The van der Waals surface area contributed by atoms with Crippen LogP contribution in [0, 0.1) is 5.82 Å². The molecule has 1 aromatic heterocycles. The summed E-state index contributed by atoms with van der Waals surface area (Å²) in [6.45, 7) is 9.62. The van der Waals surface area contributed by atoms with Crippen LogP contribution in [0.5, 0.6) is 0 Å². The fraction of sp³-hybridized carbons (Fsp3) is 0.292. The first-order valence-electron chi connectivity index (χ1n) is 10.3. The van der Waals surface area contributed by atoms with Gasteiger partial charge in [0.25, 0.3) is 0 Å². The van der Waals surface area contributed by atoms with Gasteiger partial charge in [0.1, 0.15) is 11.7 Å². The van der Waals surface area contributed by atoms with Crippen LogP contribution in [0.25, 0.3) is 10.9 Å². The second kappa shape index (κ2) is 8.34. The van der Waals surface area contributed by atoms with Crippen molar-refractivity contribution in [1.82, 2.24) is 19.8 Å². The predicted octanol–water partition coefficient (Wildman–Crippen LogP) is 3.85. The molecular weight excluding hydrogens is 393 g/mol. The molecule has 1 unspecified atom stereocenters. The molecule has 1 aromatic carbocycles. The molecular formula is C24H26FN5O. The van der Waals surface area contributed by atoms with E-state index in [4.69, 9.17) is 5.10 Å². The second-order valence-electron chi connectivity index (χ2n) is 7.84. The van der Waals surface area contributed by atoms with Crippen LogP contribution in [0.15, 0.2) is 71.8 Å². The normalized spacial score (nSPS) is 18.6. The summed E-state index contributed by atoms with van der Waals surface area (Å²) < 4.78 is 15.0. The smallest absolute Gasteiger partial charge is 0.241 e. The SMILES string of the molecule is C=C1C=CC(N2CCN(C)C(=O)C2)=NN1/C(=C\C)C(C)c1cc2cccnc2cc1F. The van der Waals surface area contributed by atoms with Crippen molar-refractivity contribution in [3.63, 3.8) is 0 Å². The number of amides is 1. The molecule has 1 saturated heterocycles. The fourth-order valence-corrected chi connectivity index (χ4v) is 3.95. The van der Waals surface area contributed by atoms with Crippen LogP contribution in [0.2, 0.25) is 0 Å². The minimum atomic E-state index is -0.301. The third-order valence-corrected chi connectivity index (χ3v) is 5.85. The van der Waals surface area contributed by atoms with Crippen molar-refractivity contribution in [3.05, 3.63) is 78.0 Å². The van der Waals surface area contributed by atoms with E-state index in [0.717, 1.165) is 11.1 Å². The van der Waals surface area contributed by atoms with Gasteiger partial charge in [0, 0.05) is 49.4 Å². The quantitative estimate of drug-likeness (QED) is 0.758. The number of hydrogen-bond acceptors (Lipinski definition) is 5. The summed E-state index contributed by atoms with van der Waals surface area (Å²) in [4.78, 5) is 20.0. The van der Waals surface area contributed by atoms with Crippen molar-refractivity contribution in [1.29, 1.82) is 0 Å². The number of nitrogens with zero attached hydrogens (tertiary/aromatic N) is 5. The largest absolute Gasteiger partial charge is 0.344 e. The number of amidine groups is 1. The van der Waals surface area contributed by atoms with Crippen LogP contribution in [-0.2, 0) is 4.79 Å². The van der Waals surface area contributed by atoms with Crippen LogP contribution in [0.4, 0.5) is 4.39 Å². The van der Waals surface area contributed by atoms with E-state index in [2.05, 4.69) is 11.6 Å². The number of carbonyl (C=O) groups is 1. The zero-order valence-corrected chi connectivity index (χ0v) is 18.0.